The highest BCUT2D eigenvalue weighted by Gasteiger charge is 2.36. The van der Waals surface area contributed by atoms with E-state index >= 15 is 0 Å². The van der Waals surface area contributed by atoms with Crippen molar-refractivity contribution in [2.75, 3.05) is 5.32 Å². The van der Waals surface area contributed by atoms with Crippen LogP contribution in [0.4, 0.5) is 14.5 Å². The van der Waals surface area contributed by atoms with Gasteiger partial charge in [-0.05, 0) is 42.5 Å². The van der Waals surface area contributed by atoms with Gasteiger partial charge in [0.05, 0.1) is 29.6 Å². The lowest BCUT2D eigenvalue weighted by atomic mass is 10.1. The van der Waals surface area contributed by atoms with Crippen LogP contribution in [-0.2, 0) is 6.54 Å². The van der Waals surface area contributed by atoms with E-state index in [4.69, 9.17) is 4.42 Å². The number of hydrogen-bond donors (Lipinski definition) is 1. The molecule has 3 amide bonds. The second-order valence-electron chi connectivity index (χ2n) is 6.11. The lowest BCUT2D eigenvalue weighted by molar-refractivity contribution is 0.0631. The topological polar surface area (TPSA) is 79.6 Å². The first-order valence-corrected chi connectivity index (χ1v) is 8.23. The number of nitrogens with zero attached hydrogens (tertiary/aromatic N) is 1. The zero-order chi connectivity index (χ0) is 19.8. The Kier molecular flexibility index (Phi) is 4.23. The number of nitrogens with one attached hydrogen (secondary N) is 1. The number of furan rings is 1. The molecule has 0 atom stereocenters. The van der Waals surface area contributed by atoms with E-state index in [0.717, 1.165) is 17.0 Å². The summed E-state index contributed by atoms with van der Waals surface area (Å²) in [6, 6.07) is 10.0. The molecule has 4 rings (SSSR count). The van der Waals surface area contributed by atoms with Crippen molar-refractivity contribution in [3.63, 3.8) is 0 Å². The summed E-state index contributed by atoms with van der Waals surface area (Å²) in [7, 11) is 0. The summed E-state index contributed by atoms with van der Waals surface area (Å²) in [5, 5.41) is 2.31. The average Bonchev–Trinajstić information content (AvgIpc) is 3.27. The van der Waals surface area contributed by atoms with Gasteiger partial charge in [-0.3, -0.25) is 19.3 Å². The summed E-state index contributed by atoms with van der Waals surface area (Å²) in [5.41, 5.74) is 0.0991. The van der Waals surface area contributed by atoms with Gasteiger partial charge in [-0.1, -0.05) is 0 Å². The van der Waals surface area contributed by atoms with Crippen molar-refractivity contribution in [3.05, 3.63) is 88.9 Å². The van der Waals surface area contributed by atoms with E-state index in [0.29, 0.717) is 11.8 Å². The van der Waals surface area contributed by atoms with Crippen molar-refractivity contribution >= 4 is 23.4 Å². The van der Waals surface area contributed by atoms with E-state index in [2.05, 4.69) is 5.32 Å². The highest BCUT2D eigenvalue weighted by atomic mass is 19.1. The summed E-state index contributed by atoms with van der Waals surface area (Å²) >= 11 is 0. The molecular formula is C20H12F2N2O4. The molecule has 0 radical (unpaired) electrons. The number of anilines is 1. The fourth-order valence-electron chi connectivity index (χ4n) is 2.92. The Labute approximate surface area is 157 Å². The molecule has 1 aliphatic rings. The molecule has 0 fully saturated rings. The van der Waals surface area contributed by atoms with E-state index in [1.807, 2.05) is 0 Å². The standard InChI is InChI=1S/C20H12F2N2O4/c21-12-4-6-17(16(22)9-12)23-18(25)11-3-5-14-15(8-11)20(27)24(19(14)26)10-13-2-1-7-28-13/h1-9H,10H2,(H,23,25). The maximum Gasteiger partial charge on any atom is 0.261 e. The number of imide groups is 1. The summed E-state index contributed by atoms with van der Waals surface area (Å²) in [6.07, 6.45) is 1.44. The second-order valence-corrected chi connectivity index (χ2v) is 6.11. The normalized spacial score (nSPS) is 13.0. The molecule has 0 aliphatic carbocycles. The quantitative estimate of drug-likeness (QED) is 0.699. The highest BCUT2D eigenvalue weighted by Crippen LogP contribution is 2.26. The van der Waals surface area contributed by atoms with E-state index in [1.54, 1.807) is 12.1 Å². The second kappa shape index (κ2) is 6.73. The Hall–Kier alpha value is -3.81. The summed E-state index contributed by atoms with van der Waals surface area (Å²) in [5.74, 6) is -3.00. The number of fused-ring (bicyclic) bond motifs is 1. The molecule has 3 aromatic rings. The highest BCUT2D eigenvalue weighted by molar-refractivity contribution is 6.22. The lowest BCUT2D eigenvalue weighted by Gasteiger charge is -2.11. The average molecular weight is 382 g/mol. The minimum absolute atomic E-state index is 0.0261. The SMILES string of the molecule is O=C(Nc1ccc(F)cc1F)c1ccc2c(c1)C(=O)N(Cc1ccco1)C2=O. The fraction of sp³-hybridized carbons (Fsp3) is 0.0500. The minimum atomic E-state index is -0.926. The van der Waals surface area contributed by atoms with Crippen LogP contribution in [0.3, 0.4) is 0 Å². The third-order valence-corrected chi connectivity index (χ3v) is 4.31. The van der Waals surface area contributed by atoms with Crippen molar-refractivity contribution in [1.29, 1.82) is 0 Å². The van der Waals surface area contributed by atoms with Gasteiger partial charge in [0.25, 0.3) is 17.7 Å². The molecule has 0 spiro atoms. The van der Waals surface area contributed by atoms with Crippen LogP contribution in [0, 0.1) is 11.6 Å². The van der Waals surface area contributed by atoms with Gasteiger partial charge in [-0.25, -0.2) is 8.78 Å². The zero-order valence-electron chi connectivity index (χ0n) is 14.2. The number of carbonyl (C=O) groups is 3. The molecule has 140 valence electrons. The largest absolute Gasteiger partial charge is 0.467 e. The van der Waals surface area contributed by atoms with E-state index < -0.39 is 29.4 Å². The molecule has 2 aromatic carbocycles. The monoisotopic (exact) mass is 382 g/mol. The molecule has 0 bridgehead atoms. The number of benzene rings is 2. The molecular weight excluding hydrogens is 370 g/mol. The predicted octanol–water partition coefficient (Wildman–Crippen LogP) is 3.61. The van der Waals surface area contributed by atoms with Gasteiger partial charge in [0.1, 0.15) is 17.4 Å². The maximum atomic E-state index is 13.7. The third kappa shape index (κ3) is 3.05. The van der Waals surface area contributed by atoms with Crippen LogP contribution in [0.1, 0.15) is 36.8 Å². The molecule has 0 saturated heterocycles. The first kappa shape index (κ1) is 17.6. The van der Waals surface area contributed by atoms with Crippen LogP contribution in [0.25, 0.3) is 0 Å². The van der Waals surface area contributed by atoms with Gasteiger partial charge >= 0.3 is 0 Å². The van der Waals surface area contributed by atoms with Crippen molar-refractivity contribution in [1.82, 2.24) is 4.90 Å². The summed E-state index contributed by atoms with van der Waals surface area (Å²) in [6.45, 7) is -0.0261. The Morgan fingerprint density at radius 1 is 1.00 bits per heavy atom. The number of rotatable bonds is 4. The number of hydrogen-bond acceptors (Lipinski definition) is 4. The smallest absolute Gasteiger partial charge is 0.261 e. The van der Waals surface area contributed by atoms with Gasteiger partial charge < -0.3 is 9.73 Å². The van der Waals surface area contributed by atoms with Gasteiger partial charge in [0, 0.05) is 11.6 Å². The Bertz CT molecular complexity index is 1110. The van der Waals surface area contributed by atoms with Crippen molar-refractivity contribution in [3.8, 4) is 0 Å². The predicted molar refractivity (Wildman–Crippen MR) is 93.7 cm³/mol. The van der Waals surface area contributed by atoms with Gasteiger partial charge in [0.2, 0.25) is 0 Å². The molecule has 0 unspecified atom stereocenters. The van der Waals surface area contributed by atoms with Crippen LogP contribution < -0.4 is 5.32 Å². The number of carbonyl (C=O) groups excluding carboxylic acids is 3. The fourth-order valence-corrected chi connectivity index (χ4v) is 2.92. The van der Waals surface area contributed by atoms with Crippen molar-refractivity contribution < 1.29 is 27.6 Å². The Morgan fingerprint density at radius 3 is 2.50 bits per heavy atom. The molecule has 1 aromatic heterocycles. The first-order chi connectivity index (χ1) is 13.4. The van der Waals surface area contributed by atoms with Crippen molar-refractivity contribution in [2.24, 2.45) is 0 Å². The van der Waals surface area contributed by atoms with E-state index in [-0.39, 0.29) is 28.9 Å². The molecule has 2 heterocycles. The van der Waals surface area contributed by atoms with Gasteiger partial charge in [-0.2, -0.15) is 0 Å². The van der Waals surface area contributed by atoms with Crippen LogP contribution in [0.5, 0.6) is 0 Å². The maximum absolute atomic E-state index is 13.7. The summed E-state index contributed by atoms with van der Waals surface area (Å²) < 4.78 is 31.9. The molecule has 1 N–H and O–H groups in total. The van der Waals surface area contributed by atoms with Gasteiger partial charge in [0.15, 0.2) is 0 Å². The summed E-state index contributed by atoms with van der Waals surface area (Å²) in [4.78, 5) is 38.4. The van der Waals surface area contributed by atoms with Crippen LogP contribution >= 0.6 is 0 Å². The molecule has 0 saturated carbocycles. The molecule has 8 heteroatoms. The van der Waals surface area contributed by atoms with Crippen LogP contribution in [0.15, 0.2) is 59.2 Å². The Balaban J connectivity index is 1.58. The number of halogens is 2. The van der Waals surface area contributed by atoms with E-state index in [1.165, 1.54) is 24.5 Å². The van der Waals surface area contributed by atoms with Crippen molar-refractivity contribution in [2.45, 2.75) is 6.54 Å². The molecule has 6 nitrogen and oxygen atoms in total. The van der Waals surface area contributed by atoms with Crippen LogP contribution in [0.2, 0.25) is 0 Å². The Morgan fingerprint density at radius 2 is 1.79 bits per heavy atom. The van der Waals surface area contributed by atoms with E-state index in [9.17, 15) is 23.2 Å². The zero-order valence-corrected chi connectivity index (χ0v) is 14.2. The lowest BCUT2D eigenvalue weighted by Crippen LogP contribution is -2.28. The molecule has 1 aliphatic heterocycles. The molecule has 28 heavy (non-hydrogen) atoms. The first-order valence-electron chi connectivity index (χ1n) is 8.23. The third-order valence-electron chi connectivity index (χ3n) is 4.31. The minimum Gasteiger partial charge on any atom is -0.467 e. The van der Waals surface area contributed by atoms with Crippen LogP contribution in [-0.4, -0.2) is 22.6 Å². The van der Waals surface area contributed by atoms with Gasteiger partial charge in [-0.15, -0.1) is 0 Å². The number of amides is 3.